The van der Waals surface area contributed by atoms with Crippen LogP contribution in [0.15, 0.2) is 120 Å². The van der Waals surface area contributed by atoms with Crippen LogP contribution in [0.2, 0.25) is 0 Å². The predicted octanol–water partition coefficient (Wildman–Crippen LogP) is 7.64. The van der Waals surface area contributed by atoms with Gasteiger partial charge in [-0.3, -0.25) is 24.3 Å². The molecule has 0 aromatic heterocycles. The summed E-state index contributed by atoms with van der Waals surface area (Å²) in [4.78, 5) is 58.2. The van der Waals surface area contributed by atoms with Crippen LogP contribution in [0.1, 0.15) is 88.8 Å². The van der Waals surface area contributed by atoms with Crippen molar-refractivity contribution < 1.29 is 28.7 Å². The lowest BCUT2D eigenvalue weighted by atomic mass is 10.00. The molecular formula is C42H44N2O6. The number of amides is 2. The molecule has 1 heterocycles. The number of imide groups is 1. The number of rotatable bonds is 18. The molecule has 2 amide bonds. The van der Waals surface area contributed by atoms with E-state index in [1.165, 1.54) is 7.11 Å². The number of benzene rings is 4. The molecule has 0 bridgehead atoms. The molecule has 1 aliphatic heterocycles. The zero-order chi connectivity index (χ0) is 35.1. The summed E-state index contributed by atoms with van der Waals surface area (Å²) in [5.74, 6) is -1.80. The Kier molecular flexibility index (Phi) is 13.2. The molecule has 0 spiro atoms. The van der Waals surface area contributed by atoms with Gasteiger partial charge in [0.25, 0.3) is 11.8 Å². The standard InChI is InChI=1S/C42H44N2O6/c1-49-38(45)30-34(43-39(32-21-11-7-12-22-32)33-23-13-8-14-24-33)25-15-4-2-3-5-18-28-50-42(48)37(29-31-19-9-6-10-20-31)44-40(46)35-26-16-17-27-36(35)41(44)47/h6-14,16-17,19-24,26-27,34,37H,2-5,15,18,25,28-30H2,1H3/t34?,37-/m0/s1. The van der Waals surface area contributed by atoms with Gasteiger partial charge in [-0.15, -0.1) is 0 Å². The first-order valence-electron chi connectivity index (χ1n) is 17.4. The van der Waals surface area contributed by atoms with E-state index in [1.807, 2.05) is 91.0 Å². The van der Waals surface area contributed by atoms with Gasteiger partial charge in [0.15, 0.2) is 0 Å². The van der Waals surface area contributed by atoms with E-state index in [1.54, 1.807) is 24.3 Å². The van der Waals surface area contributed by atoms with Crippen LogP contribution in [0.25, 0.3) is 0 Å². The zero-order valence-electron chi connectivity index (χ0n) is 28.5. The molecule has 1 aliphatic rings. The quantitative estimate of drug-likeness (QED) is 0.0466. The van der Waals surface area contributed by atoms with Gasteiger partial charge in [-0.25, -0.2) is 4.79 Å². The molecule has 1 unspecified atom stereocenters. The molecule has 4 aromatic rings. The second kappa shape index (κ2) is 18.4. The number of aliphatic imine (C=N–C) groups is 1. The highest BCUT2D eigenvalue weighted by molar-refractivity contribution is 6.22. The number of hydrogen-bond donors (Lipinski definition) is 0. The van der Waals surface area contributed by atoms with Crippen molar-refractivity contribution >= 4 is 29.5 Å². The highest BCUT2D eigenvalue weighted by Gasteiger charge is 2.43. The maximum Gasteiger partial charge on any atom is 0.329 e. The number of esters is 2. The molecular weight excluding hydrogens is 628 g/mol. The van der Waals surface area contributed by atoms with Gasteiger partial charge in [-0.05, 0) is 30.5 Å². The van der Waals surface area contributed by atoms with Crippen molar-refractivity contribution in [1.29, 1.82) is 0 Å². The topological polar surface area (TPSA) is 102 Å². The number of hydrogen-bond acceptors (Lipinski definition) is 7. The van der Waals surface area contributed by atoms with E-state index in [-0.39, 0.29) is 31.5 Å². The number of unbranched alkanes of at least 4 members (excludes halogenated alkanes) is 5. The van der Waals surface area contributed by atoms with Crippen LogP contribution in [0, 0.1) is 0 Å². The summed E-state index contributed by atoms with van der Waals surface area (Å²) in [5.41, 5.74) is 4.32. The first kappa shape index (κ1) is 35.9. The van der Waals surface area contributed by atoms with Gasteiger partial charge in [0, 0.05) is 17.5 Å². The van der Waals surface area contributed by atoms with Crippen LogP contribution in [-0.2, 0) is 25.5 Å². The molecule has 5 rings (SSSR count). The molecule has 0 saturated heterocycles. The monoisotopic (exact) mass is 672 g/mol. The first-order valence-corrected chi connectivity index (χ1v) is 17.4. The third-order valence-corrected chi connectivity index (χ3v) is 8.89. The fourth-order valence-electron chi connectivity index (χ4n) is 6.24. The van der Waals surface area contributed by atoms with Crippen molar-refractivity contribution in [2.75, 3.05) is 13.7 Å². The summed E-state index contributed by atoms with van der Waals surface area (Å²) >= 11 is 0. The summed E-state index contributed by atoms with van der Waals surface area (Å²) in [6, 6.07) is 34.8. The highest BCUT2D eigenvalue weighted by Crippen LogP contribution is 2.27. The van der Waals surface area contributed by atoms with E-state index in [2.05, 4.69) is 0 Å². The molecule has 8 heteroatoms. The second-order valence-corrected chi connectivity index (χ2v) is 12.5. The third kappa shape index (κ3) is 9.62. The van der Waals surface area contributed by atoms with E-state index in [0.717, 1.165) is 65.8 Å². The summed E-state index contributed by atoms with van der Waals surface area (Å²) < 4.78 is 10.6. The Bertz CT molecular complexity index is 1680. The molecule has 0 fully saturated rings. The maximum atomic E-state index is 13.4. The van der Waals surface area contributed by atoms with Crippen molar-refractivity contribution in [3.63, 3.8) is 0 Å². The lowest BCUT2D eigenvalue weighted by Crippen LogP contribution is -2.47. The minimum atomic E-state index is -1.05. The predicted molar refractivity (Wildman–Crippen MR) is 193 cm³/mol. The number of carbonyl (C=O) groups excluding carboxylic acids is 4. The average molecular weight is 673 g/mol. The smallest absolute Gasteiger partial charge is 0.329 e. The number of nitrogens with zero attached hydrogens (tertiary/aromatic N) is 2. The molecule has 0 radical (unpaired) electrons. The third-order valence-electron chi connectivity index (χ3n) is 8.89. The number of ether oxygens (including phenoxy) is 2. The highest BCUT2D eigenvalue weighted by atomic mass is 16.5. The average Bonchev–Trinajstić information content (AvgIpc) is 3.41. The van der Waals surface area contributed by atoms with Gasteiger partial charge >= 0.3 is 11.9 Å². The molecule has 0 saturated carbocycles. The normalized spacial score (nSPS) is 13.3. The van der Waals surface area contributed by atoms with Crippen LogP contribution in [-0.4, -0.2) is 60.2 Å². The van der Waals surface area contributed by atoms with Crippen molar-refractivity contribution in [1.82, 2.24) is 4.90 Å². The maximum absolute atomic E-state index is 13.4. The van der Waals surface area contributed by atoms with Gasteiger partial charge in [-0.1, -0.05) is 135 Å². The lowest BCUT2D eigenvalue weighted by molar-refractivity contribution is -0.148. The van der Waals surface area contributed by atoms with Crippen LogP contribution in [0.5, 0.6) is 0 Å². The molecule has 50 heavy (non-hydrogen) atoms. The van der Waals surface area contributed by atoms with Crippen LogP contribution in [0.3, 0.4) is 0 Å². The Hall–Kier alpha value is -5.37. The van der Waals surface area contributed by atoms with Gasteiger partial charge in [0.05, 0.1) is 43.0 Å². The fraction of sp³-hybridized carbons (Fsp3) is 0.310. The van der Waals surface area contributed by atoms with E-state index >= 15 is 0 Å². The van der Waals surface area contributed by atoms with Crippen molar-refractivity contribution in [2.45, 2.75) is 69.9 Å². The van der Waals surface area contributed by atoms with Gasteiger partial charge in [-0.2, -0.15) is 0 Å². The molecule has 0 N–H and O–H groups in total. The molecule has 258 valence electrons. The molecule has 0 aliphatic carbocycles. The number of carbonyl (C=O) groups is 4. The Labute approximate surface area is 294 Å². The second-order valence-electron chi connectivity index (χ2n) is 12.5. The minimum absolute atomic E-state index is 0.185. The summed E-state index contributed by atoms with van der Waals surface area (Å²) in [6.07, 6.45) is 6.58. The van der Waals surface area contributed by atoms with E-state index in [9.17, 15) is 19.2 Å². The van der Waals surface area contributed by atoms with Crippen LogP contribution >= 0.6 is 0 Å². The van der Waals surface area contributed by atoms with Crippen molar-refractivity contribution in [3.8, 4) is 0 Å². The lowest BCUT2D eigenvalue weighted by Gasteiger charge is -2.24. The van der Waals surface area contributed by atoms with Gasteiger partial charge in [0.2, 0.25) is 0 Å². The van der Waals surface area contributed by atoms with E-state index < -0.39 is 23.8 Å². The van der Waals surface area contributed by atoms with Crippen LogP contribution in [0.4, 0.5) is 0 Å². The Balaban J connectivity index is 1.10. The zero-order valence-corrected chi connectivity index (χ0v) is 28.5. The Morgan fingerprint density at radius 1 is 0.660 bits per heavy atom. The Morgan fingerprint density at radius 2 is 1.16 bits per heavy atom. The summed E-state index contributed by atoms with van der Waals surface area (Å²) in [7, 11) is 1.41. The van der Waals surface area contributed by atoms with Gasteiger partial charge < -0.3 is 9.47 Å². The fourth-order valence-corrected chi connectivity index (χ4v) is 6.24. The molecule has 2 atom stereocenters. The Morgan fingerprint density at radius 3 is 1.72 bits per heavy atom. The van der Waals surface area contributed by atoms with Crippen molar-refractivity contribution in [3.05, 3.63) is 143 Å². The SMILES string of the molecule is COC(=O)CC(CCCCCCCCOC(=O)[C@H](Cc1ccccc1)N1C(=O)c2ccccc2C1=O)N=C(c1ccccc1)c1ccccc1. The molecule has 4 aromatic carbocycles. The first-order chi connectivity index (χ1) is 24.5. The molecule has 8 nitrogen and oxygen atoms in total. The number of methoxy groups -OCH3 is 1. The summed E-state index contributed by atoms with van der Waals surface area (Å²) in [5, 5.41) is 0. The largest absolute Gasteiger partial charge is 0.469 e. The number of fused-ring (bicyclic) bond motifs is 1. The summed E-state index contributed by atoms with van der Waals surface area (Å²) in [6.45, 7) is 0.213. The van der Waals surface area contributed by atoms with Gasteiger partial charge in [0.1, 0.15) is 6.04 Å². The minimum Gasteiger partial charge on any atom is -0.469 e. The van der Waals surface area contributed by atoms with E-state index in [4.69, 9.17) is 14.5 Å². The van der Waals surface area contributed by atoms with Crippen LogP contribution < -0.4 is 0 Å². The van der Waals surface area contributed by atoms with Crippen molar-refractivity contribution in [2.24, 2.45) is 4.99 Å². The van der Waals surface area contributed by atoms with E-state index in [0.29, 0.717) is 17.5 Å².